The molecule has 5 nitrogen and oxygen atoms in total. The maximum atomic E-state index is 13.2. The quantitative estimate of drug-likeness (QED) is 0.873. The second kappa shape index (κ2) is 5.95. The number of hydrogen-bond acceptors (Lipinski definition) is 4. The molecule has 0 aromatic heterocycles. The molecule has 0 saturated carbocycles. The Hall–Kier alpha value is -1.73. The van der Waals surface area contributed by atoms with Crippen molar-refractivity contribution in [3.63, 3.8) is 0 Å². The molecule has 2 saturated heterocycles. The van der Waals surface area contributed by atoms with Crippen LogP contribution in [0.3, 0.4) is 0 Å². The van der Waals surface area contributed by atoms with E-state index in [-0.39, 0.29) is 12.1 Å². The first-order chi connectivity index (χ1) is 10.1. The zero-order valence-electron chi connectivity index (χ0n) is 11.3. The van der Waals surface area contributed by atoms with Gasteiger partial charge in [0.25, 0.3) is 0 Å². The lowest BCUT2D eigenvalue weighted by atomic mass is 9.97. The number of halogens is 2. The fourth-order valence-corrected chi connectivity index (χ4v) is 2.78. The molecule has 114 valence electrons. The fraction of sp³-hybridized carbons (Fsp3) is 0.500. The zero-order valence-corrected chi connectivity index (χ0v) is 11.3. The highest BCUT2D eigenvalue weighted by Crippen LogP contribution is 2.20. The van der Waals surface area contributed by atoms with Crippen LogP contribution >= 0.6 is 0 Å². The van der Waals surface area contributed by atoms with Gasteiger partial charge in [-0.2, -0.15) is 0 Å². The molecule has 2 aliphatic rings. The van der Waals surface area contributed by atoms with E-state index in [1.54, 1.807) is 0 Å². The molecule has 0 spiro atoms. The number of hydrogen-bond donors (Lipinski definition) is 2. The lowest BCUT2D eigenvalue weighted by molar-refractivity contribution is 0.0181. The molecule has 1 aromatic rings. The van der Waals surface area contributed by atoms with Crippen LogP contribution in [0.1, 0.15) is 5.56 Å². The van der Waals surface area contributed by atoms with Crippen LogP contribution in [0.25, 0.3) is 0 Å². The van der Waals surface area contributed by atoms with Crippen molar-refractivity contribution in [1.29, 1.82) is 0 Å². The van der Waals surface area contributed by atoms with E-state index in [9.17, 15) is 13.6 Å². The van der Waals surface area contributed by atoms with Gasteiger partial charge in [-0.05, 0) is 24.1 Å². The third kappa shape index (κ3) is 3.30. The molecule has 1 amide bonds. The van der Waals surface area contributed by atoms with Gasteiger partial charge in [-0.25, -0.2) is 13.6 Å². The number of alkyl carbamates (subject to hydrolysis) is 1. The van der Waals surface area contributed by atoms with Gasteiger partial charge >= 0.3 is 6.09 Å². The van der Waals surface area contributed by atoms with Crippen LogP contribution in [0.15, 0.2) is 18.2 Å². The smallest absolute Gasteiger partial charge is 0.407 e. The van der Waals surface area contributed by atoms with Gasteiger partial charge in [-0.1, -0.05) is 0 Å². The minimum Gasteiger partial charge on any atom is -0.442 e. The number of benzene rings is 1. The average Bonchev–Trinajstić information content (AvgIpc) is 2.79. The van der Waals surface area contributed by atoms with Gasteiger partial charge in [0.05, 0.1) is 25.3 Å². The Morgan fingerprint density at radius 2 is 2.00 bits per heavy atom. The number of carbonyl (C=O) groups excluding carboxylic acids is 1. The first-order valence-electron chi connectivity index (χ1n) is 6.85. The van der Waals surface area contributed by atoms with E-state index >= 15 is 0 Å². The van der Waals surface area contributed by atoms with Gasteiger partial charge in [0.15, 0.2) is 0 Å². The van der Waals surface area contributed by atoms with Crippen LogP contribution in [0.2, 0.25) is 0 Å². The summed E-state index contributed by atoms with van der Waals surface area (Å²) < 4.78 is 37.1. The summed E-state index contributed by atoms with van der Waals surface area (Å²) >= 11 is 0. The molecule has 0 aliphatic carbocycles. The third-order valence-corrected chi connectivity index (χ3v) is 3.67. The van der Waals surface area contributed by atoms with E-state index in [2.05, 4.69) is 10.6 Å². The van der Waals surface area contributed by atoms with Crippen LogP contribution in [0.5, 0.6) is 0 Å². The summed E-state index contributed by atoms with van der Waals surface area (Å²) in [7, 11) is 0. The predicted molar refractivity (Wildman–Crippen MR) is 69.9 cm³/mol. The molecule has 1 aromatic carbocycles. The molecule has 2 N–H and O–H groups in total. The van der Waals surface area contributed by atoms with Crippen molar-refractivity contribution >= 4 is 6.09 Å². The Kier molecular flexibility index (Phi) is 4.03. The van der Waals surface area contributed by atoms with Crippen molar-refractivity contribution < 1.29 is 23.0 Å². The van der Waals surface area contributed by atoms with E-state index in [4.69, 9.17) is 9.47 Å². The van der Waals surface area contributed by atoms with E-state index < -0.39 is 23.8 Å². The van der Waals surface area contributed by atoms with E-state index in [1.165, 1.54) is 12.1 Å². The molecule has 0 radical (unpaired) electrons. The van der Waals surface area contributed by atoms with Gasteiger partial charge in [0.2, 0.25) is 0 Å². The number of amides is 1. The maximum Gasteiger partial charge on any atom is 0.407 e. The fourth-order valence-electron chi connectivity index (χ4n) is 2.78. The van der Waals surface area contributed by atoms with Crippen LogP contribution in [0, 0.1) is 11.6 Å². The van der Waals surface area contributed by atoms with Crippen molar-refractivity contribution in [3.8, 4) is 0 Å². The first-order valence-corrected chi connectivity index (χ1v) is 6.85. The SMILES string of the molecule is O=C1NC(Cc2cc(F)cc(F)c2)C(C2COCCN2)O1. The van der Waals surface area contributed by atoms with Crippen molar-refractivity contribution in [2.45, 2.75) is 24.6 Å². The molecule has 2 heterocycles. The summed E-state index contributed by atoms with van der Waals surface area (Å²) in [6.45, 7) is 1.73. The largest absolute Gasteiger partial charge is 0.442 e. The van der Waals surface area contributed by atoms with Gasteiger partial charge in [-0.3, -0.25) is 0 Å². The van der Waals surface area contributed by atoms with Crippen molar-refractivity contribution in [1.82, 2.24) is 10.6 Å². The second-order valence-electron chi connectivity index (χ2n) is 5.24. The second-order valence-corrected chi connectivity index (χ2v) is 5.24. The number of nitrogens with one attached hydrogen (secondary N) is 2. The van der Waals surface area contributed by atoms with Crippen molar-refractivity contribution in [2.24, 2.45) is 0 Å². The Morgan fingerprint density at radius 1 is 1.24 bits per heavy atom. The molecule has 0 bridgehead atoms. The first kappa shape index (κ1) is 14.2. The molecule has 3 rings (SSSR count). The lowest BCUT2D eigenvalue weighted by Crippen LogP contribution is -2.53. The number of rotatable bonds is 3. The number of ether oxygens (including phenoxy) is 2. The van der Waals surface area contributed by atoms with Gasteiger partial charge in [-0.15, -0.1) is 0 Å². The molecule has 21 heavy (non-hydrogen) atoms. The Morgan fingerprint density at radius 3 is 2.67 bits per heavy atom. The summed E-state index contributed by atoms with van der Waals surface area (Å²) in [5.74, 6) is -1.27. The Labute approximate surface area is 120 Å². The molecule has 2 aliphatic heterocycles. The Balaban J connectivity index is 1.73. The highest BCUT2D eigenvalue weighted by molar-refractivity contribution is 5.70. The van der Waals surface area contributed by atoms with E-state index in [1.807, 2.05) is 0 Å². The van der Waals surface area contributed by atoms with Crippen LogP contribution in [0.4, 0.5) is 13.6 Å². The summed E-state index contributed by atoms with van der Waals surface area (Å²) in [4.78, 5) is 11.5. The number of cyclic esters (lactones) is 1. The standard InChI is InChI=1S/C14H16F2N2O3/c15-9-3-8(4-10(16)6-9)5-11-13(21-14(19)18-11)12-7-20-2-1-17-12/h3-4,6,11-13,17H,1-2,5,7H2,(H,18,19). The highest BCUT2D eigenvalue weighted by atomic mass is 19.1. The summed E-state index contributed by atoms with van der Waals surface area (Å²) in [5, 5.41) is 5.92. The summed E-state index contributed by atoms with van der Waals surface area (Å²) in [5.41, 5.74) is 0.477. The minimum atomic E-state index is -0.633. The molecule has 3 atom stereocenters. The highest BCUT2D eigenvalue weighted by Gasteiger charge is 2.40. The molecule has 3 unspecified atom stereocenters. The molecule has 2 fully saturated rings. The van der Waals surface area contributed by atoms with Crippen LogP contribution < -0.4 is 10.6 Å². The summed E-state index contributed by atoms with van der Waals surface area (Å²) in [6.07, 6.45) is -0.651. The lowest BCUT2D eigenvalue weighted by Gasteiger charge is -2.30. The van der Waals surface area contributed by atoms with Crippen LogP contribution in [-0.2, 0) is 15.9 Å². The van der Waals surface area contributed by atoms with E-state index in [0.29, 0.717) is 31.7 Å². The van der Waals surface area contributed by atoms with Gasteiger partial charge < -0.3 is 20.1 Å². The molecular formula is C14H16F2N2O3. The Bertz CT molecular complexity index is 515. The van der Waals surface area contributed by atoms with Crippen molar-refractivity contribution in [2.75, 3.05) is 19.8 Å². The number of morpholine rings is 1. The monoisotopic (exact) mass is 298 g/mol. The topological polar surface area (TPSA) is 59.6 Å². The average molecular weight is 298 g/mol. The number of carbonyl (C=O) groups is 1. The van der Waals surface area contributed by atoms with Gasteiger partial charge in [0.1, 0.15) is 17.7 Å². The van der Waals surface area contributed by atoms with Crippen LogP contribution in [-0.4, -0.2) is 44.0 Å². The molecular weight excluding hydrogens is 282 g/mol. The minimum absolute atomic E-state index is 0.124. The normalized spacial score (nSPS) is 29.0. The van der Waals surface area contributed by atoms with E-state index in [0.717, 1.165) is 6.07 Å². The molecule has 7 heteroatoms. The maximum absolute atomic E-state index is 13.2. The summed E-state index contributed by atoms with van der Waals surface area (Å²) in [6, 6.07) is 2.87. The van der Waals surface area contributed by atoms with Gasteiger partial charge in [0, 0.05) is 12.6 Å². The predicted octanol–water partition coefficient (Wildman–Crippen LogP) is 0.973. The van der Waals surface area contributed by atoms with Crippen molar-refractivity contribution in [3.05, 3.63) is 35.4 Å². The third-order valence-electron chi connectivity index (χ3n) is 3.67. The zero-order chi connectivity index (χ0) is 14.8.